The molecule has 0 aliphatic carbocycles. The standard InChI is InChI=1S/C24H30N2O2S/c1-3-4-5-13-25-18-22(16-19(2)17-23-7-6-15-29-23)26-14-12-20-8-10-21(11-9-20)24(27)28/h6-11,13,15-16,18,26H,3-5,12,14,17H2,1-2H3,(H,27,28)/b19-16-,22-18-,25-13?. The molecule has 5 heteroatoms. The highest BCUT2D eigenvalue weighted by atomic mass is 32.1. The third-order valence-electron chi connectivity index (χ3n) is 4.38. The third-order valence-corrected chi connectivity index (χ3v) is 5.26. The zero-order valence-corrected chi connectivity index (χ0v) is 18.0. The minimum atomic E-state index is -0.896. The molecule has 0 bridgehead atoms. The van der Waals surface area contributed by atoms with Crippen molar-refractivity contribution in [3.8, 4) is 0 Å². The van der Waals surface area contributed by atoms with Gasteiger partial charge < -0.3 is 10.4 Å². The lowest BCUT2D eigenvalue weighted by Gasteiger charge is -2.09. The Morgan fingerprint density at radius 3 is 2.69 bits per heavy atom. The summed E-state index contributed by atoms with van der Waals surface area (Å²) in [5, 5.41) is 14.6. The van der Waals surface area contributed by atoms with Gasteiger partial charge in [-0.05, 0) is 61.4 Å². The molecule has 2 rings (SSSR count). The lowest BCUT2D eigenvalue weighted by atomic mass is 10.1. The lowest BCUT2D eigenvalue weighted by Crippen LogP contribution is -2.16. The highest BCUT2D eigenvalue weighted by Crippen LogP contribution is 2.15. The lowest BCUT2D eigenvalue weighted by molar-refractivity contribution is 0.0697. The molecular weight excluding hydrogens is 380 g/mol. The van der Waals surface area contributed by atoms with Gasteiger partial charge in [-0.15, -0.1) is 11.3 Å². The van der Waals surface area contributed by atoms with Crippen molar-refractivity contribution < 1.29 is 9.90 Å². The van der Waals surface area contributed by atoms with E-state index in [2.05, 4.69) is 47.7 Å². The van der Waals surface area contributed by atoms with Gasteiger partial charge in [0.25, 0.3) is 0 Å². The molecule has 0 fully saturated rings. The van der Waals surface area contributed by atoms with Crippen molar-refractivity contribution in [3.63, 3.8) is 0 Å². The summed E-state index contributed by atoms with van der Waals surface area (Å²) in [6, 6.07) is 11.3. The maximum atomic E-state index is 11.0. The molecule has 0 amide bonds. The minimum absolute atomic E-state index is 0.316. The summed E-state index contributed by atoms with van der Waals surface area (Å²) in [7, 11) is 0. The van der Waals surface area contributed by atoms with Gasteiger partial charge in [-0.2, -0.15) is 0 Å². The van der Waals surface area contributed by atoms with E-state index in [9.17, 15) is 4.79 Å². The van der Waals surface area contributed by atoms with Crippen LogP contribution in [0.5, 0.6) is 0 Å². The number of hydrogen-bond donors (Lipinski definition) is 2. The van der Waals surface area contributed by atoms with Gasteiger partial charge in [-0.25, -0.2) is 4.79 Å². The molecule has 0 unspecified atom stereocenters. The zero-order valence-electron chi connectivity index (χ0n) is 17.2. The van der Waals surface area contributed by atoms with Gasteiger partial charge in [0.1, 0.15) is 0 Å². The van der Waals surface area contributed by atoms with Crippen molar-refractivity contribution in [1.29, 1.82) is 0 Å². The predicted molar refractivity (Wildman–Crippen MR) is 123 cm³/mol. The van der Waals surface area contributed by atoms with Crippen LogP contribution in [-0.2, 0) is 12.8 Å². The second-order valence-corrected chi connectivity index (χ2v) is 8.02. The predicted octanol–water partition coefficient (Wildman–Crippen LogP) is 5.87. The molecule has 4 nitrogen and oxygen atoms in total. The van der Waals surface area contributed by atoms with E-state index >= 15 is 0 Å². The van der Waals surface area contributed by atoms with Crippen molar-refractivity contribution in [2.45, 2.75) is 46.0 Å². The van der Waals surface area contributed by atoms with Crippen LogP contribution in [0, 0.1) is 0 Å². The number of unbranched alkanes of at least 4 members (excludes halogenated alkanes) is 2. The first-order valence-electron chi connectivity index (χ1n) is 10.1. The molecule has 0 saturated carbocycles. The molecule has 2 aromatic rings. The summed E-state index contributed by atoms with van der Waals surface area (Å²) in [5.74, 6) is -0.896. The largest absolute Gasteiger partial charge is 0.478 e. The molecule has 2 N–H and O–H groups in total. The van der Waals surface area contributed by atoms with Gasteiger partial charge >= 0.3 is 5.97 Å². The molecule has 0 aliphatic heterocycles. The minimum Gasteiger partial charge on any atom is -0.478 e. The average molecular weight is 411 g/mol. The SMILES string of the molecule is CCCCC=N/C=C(/C=C(/C)Cc1cccs1)NCCc1ccc(C(=O)O)cc1. The number of hydrogen-bond acceptors (Lipinski definition) is 4. The highest BCUT2D eigenvalue weighted by molar-refractivity contribution is 7.09. The van der Waals surface area contributed by atoms with Crippen molar-refractivity contribution in [1.82, 2.24) is 5.32 Å². The molecule has 1 aromatic carbocycles. The van der Waals surface area contributed by atoms with Gasteiger partial charge in [-0.3, -0.25) is 4.99 Å². The second kappa shape index (κ2) is 12.7. The highest BCUT2D eigenvalue weighted by Gasteiger charge is 2.02. The van der Waals surface area contributed by atoms with Crippen LogP contribution < -0.4 is 5.32 Å². The second-order valence-electron chi connectivity index (χ2n) is 6.98. The molecule has 29 heavy (non-hydrogen) atoms. The number of thiophene rings is 1. The molecule has 0 aliphatic rings. The monoisotopic (exact) mass is 410 g/mol. The fourth-order valence-electron chi connectivity index (χ4n) is 2.81. The Hall–Kier alpha value is -2.66. The molecule has 0 spiro atoms. The van der Waals surface area contributed by atoms with Crippen molar-refractivity contribution in [2.24, 2.45) is 4.99 Å². The number of nitrogens with one attached hydrogen (secondary N) is 1. The summed E-state index contributed by atoms with van der Waals surface area (Å²) in [6.45, 7) is 5.07. The first-order valence-corrected chi connectivity index (χ1v) is 10.9. The Bertz CT molecular complexity index is 834. The van der Waals surface area contributed by atoms with Crippen LogP contribution in [0.4, 0.5) is 0 Å². The van der Waals surface area contributed by atoms with Crippen LogP contribution in [0.15, 0.2) is 70.3 Å². The Labute approximate surface area is 177 Å². The van der Waals surface area contributed by atoms with Crippen LogP contribution >= 0.6 is 11.3 Å². The fraction of sp³-hybridized carbons (Fsp3) is 0.333. The van der Waals surface area contributed by atoms with Crippen LogP contribution in [0.3, 0.4) is 0 Å². The maximum Gasteiger partial charge on any atom is 0.335 e. The van der Waals surface area contributed by atoms with E-state index in [0.717, 1.165) is 43.5 Å². The topological polar surface area (TPSA) is 61.7 Å². The van der Waals surface area contributed by atoms with Crippen molar-refractivity contribution in [3.05, 3.63) is 81.3 Å². The summed E-state index contributed by atoms with van der Waals surface area (Å²) in [5.41, 5.74) is 3.69. The molecule has 1 heterocycles. The number of carboxylic acids is 1. The van der Waals surface area contributed by atoms with Crippen molar-refractivity contribution in [2.75, 3.05) is 6.54 Å². The van der Waals surface area contributed by atoms with Crippen LogP contribution in [0.2, 0.25) is 0 Å². The van der Waals surface area contributed by atoms with Gasteiger partial charge in [0.15, 0.2) is 0 Å². The first kappa shape index (κ1) is 22.6. The number of aromatic carboxylic acids is 1. The molecule has 0 saturated heterocycles. The van der Waals surface area contributed by atoms with Gasteiger partial charge in [0, 0.05) is 30.3 Å². The molecular formula is C24H30N2O2S. The van der Waals surface area contributed by atoms with Crippen LogP contribution in [0.1, 0.15) is 53.9 Å². The Morgan fingerprint density at radius 2 is 2.03 bits per heavy atom. The maximum absolute atomic E-state index is 11.0. The molecule has 1 aromatic heterocycles. The van der Waals surface area contributed by atoms with Crippen molar-refractivity contribution >= 4 is 23.5 Å². The Balaban J connectivity index is 1.97. The number of aliphatic imine (C=N–C) groups is 1. The van der Waals surface area contributed by atoms with Crippen LogP contribution in [-0.4, -0.2) is 23.8 Å². The number of carbonyl (C=O) groups is 1. The summed E-state index contributed by atoms with van der Waals surface area (Å²) >= 11 is 1.77. The van der Waals surface area contributed by atoms with E-state index in [4.69, 9.17) is 5.11 Å². The normalized spacial score (nSPS) is 12.5. The van der Waals surface area contributed by atoms with E-state index in [1.54, 1.807) is 23.5 Å². The van der Waals surface area contributed by atoms with E-state index in [-0.39, 0.29) is 0 Å². The van der Waals surface area contributed by atoms with E-state index in [1.165, 1.54) is 16.9 Å². The Kier molecular flexibility index (Phi) is 9.93. The average Bonchev–Trinajstić information content (AvgIpc) is 3.20. The molecule has 154 valence electrons. The quantitative estimate of drug-likeness (QED) is 0.261. The first-order chi connectivity index (χ1) is 14.1. The number of allylic oxidation sites excluding steroid dienone is 2. The summed E-state index contributed by atoms with van der Waals surface area (Å²) < 4.78 is 0. The summed E-state index contributed by atoms with van der Waals surface area (Å²) in [6.07, 6.45) is 11.1. The fourth-order valence-corrected chi connectivity index (χ4v) is 3.61. The number of carboxylic acid groups (broad SMARTS) is 1. The van der Waals surface area contributed by atoms with Gasteiger partial charge in [-0.1, -0.05) is 37.1 Å². The molecule has 0 radical (unpaired) electrons. The molecule has 0 atom stereocenters. The zero-order chi connectivity index (χ0) is 20.9. The number of rotatable bonds is 12. The van der Waals surface area contributed by atoms with E-state index < -0.39 is 5.97 Å². The van der Waals surface area contributed by atoms with Crippen LogP contribution in [0.25, 0.3) is 0 Å². The van der Waals surface area contributed by atoms with E-state index in [0.29, 0.717) is 5.56 Å². The van der Waals surface area contributed by atoms with E-state index in [1.807, 2.05) is 24.5 Å². The smallest absolute Gasteiger partial charge is 0.335 e. The van der Waals surface area contributed by atoms with Gasteiger partial charge in [0.2, 0.25) is 0 Å². The third kappa shape index (κ3) is 8.92. The van der Waals surface area contributed by atoms with Gasteiger partial charge in [0.05, 0.1) is 11.3 Å². The number of benzene rings is 1. The number of nitrogens with zero attached hydrogens (tertiary/aromatic N) is 1. The summed E-state index contributed by atoms with van der Waals surface area (Å²) in [4.78, 5) is 16.8. The Morgan fingerprint density at radius 1 is 1.24 bits per heavy atom.